The minimum Gasteiger partial charge on any atom is -0.303 e. The molecule has 0 aromatic heterocycles. The van der Waals surface area contributed by atoms with Crippen molar-refractivity contribution in [3.05, 3.63) is 11.9 Å². The normalized spacial score (nSPS) is 13.0. The van der Waals surface area contributed by atoms with Crippen LogP contribution in [0.5, 0.6) is 0 Å². The van der Waals surface area contributed by atoms with Crippen molar-refractivity contribution in [3.8, 4) is 0 Å². The molecule has 5 heteroatoms. The van der Waals surface area contributed by atoms with Gasteiger partial charge in [0.2, 0.25) is 0 Å². The Labute approximate surface area is 84.8 Å². The van der Waals surface area contributed by atoms with Crippen LogP contribution in [-0.2, 0) is 18.4 Å². The zero-order valence-electron chi connectivity index (χ0n) is 8.97. The van der Waals surface area contributed by atoms with E-state index >= 15 is 0 Å². The van der Waals surface area contributed by atoms with E-state index in [1.807, 2.05) is 0 Å². The van der Waals surface area contributed by atoms with Crippen LogP contribution in [0.25, 0.3) is 0 Å². The monoisotopic (exact) mass is 220 g/mol. The first-order valence-corrected chi connectivity index (χ1v) is 6.10. The van der Waals surface area contributed by atoms with E-state index in [1.54, 1.807) is 27.7 Å². The van der Waals surface area contributed by atoms with Crippen molar-refractivity contribution in [1.82, 2.24) is 0 Å². The molecule has 82 valence electrons. The van der Waals surface area contributed by atoms with Gasteiger partial charge >= 0.3 is 7.60 Å². The fourth-order valence-electron chi connectivity index (χ4n) is 0.823. The number of rotatable bonds is 6. The molecule has 0 spiro atoms. The smallest absolute Gasteiger partial charge is 0.303 e. The van der Waals surface area contributed by atoms with Crippen molar-refractivity contribution in [2.24, 2.45) is 0 Å². The van der Waals surface area contributed by atoms with Gasteiger partial charge in [0, 0.05) is 5.82 Å². The Bertz CT molecular complexity index is 231. The minimum atomic E-state index is -3.26. The molecule has 0 atom stereocenters. The molecule has 0 saturated heterocycles. The maximum atomic E-state index is 11.9. The Kier molecular flexibility index (Phi) is 5.93. The lowest BCUT2D eigenvalue weighted by atomic mass is 10.5. The van der Waals surface area contributed by atoms with Crippen LogP contribution in [0.2, 0.25) is 0 Å². The highest BCUT2D eigenvalue weighted by Gasteiger charge is 2.23. The third kappa shape index (κ3) is 6.08. The van der Waals surface area contributed by atoms with Gasteiger partial charge in [-0.05, 0) is 33.8 Å². The molecule has 0 bridgehead atoms. The molecule has 0 aromatic rings. The van der Waals surface area contributed by atoms with Crippen LogP contribution in [0.4, 0.5) is 0 Å². The van der Waals surface area contributed by atoms with Crippen molar-refractivity contribution in [3.63, 3.8) is 0 Å². The third-order valence-electron chi connectivity index (χ3n) is 1.06. The summed E-state index contributed by atoms with van der Waals surface area (Å²) in [6.07, 6.45) is 1.25. The summed E-state index contributed by atoms with van der Waals surface area (Å²) in [5, 5.41) is 0. The van der Waals surface area contributed by atoms with E-state index < -0.39 is 7.60 Å². The zero-order chi connectivity index (χ0) is 11.2. The molecule has 0 N–H and O–H groups in total. The fraction of sp³-hybridized carbons (Fsp3) is 0.667. The molecular formula is C9H17O4P. The first-order valence-electron chi connectivity index (χ1n) is 4.49. The van der Waals surface area contributed by atoms with E-state index in [0.717, 1.165) is 6.08 Å². The summed E-state index contributed by atoms with van der Waals surface area (Å²) >= 11 is 0. The Morgan fingerprint density at radius 2 is 1.50 bits per heavy atom. The van der Waals surface area contributed by atoms with Gasteiger partial charge in [-0.15, -0.1) is 0 Å². The Morgan fingerprint density at radius 3 is 1.79 bits per heavy atom. The Morgan fingerprint density at radius 1 is 1.07 bits per heavy atom. The topological polar surface area (TPSA) is 52.6 Å². The maximum absolute atomic E-state index is 11.9. The summed E-state index contributed by atoms with van der Waals surface area (Å²) in [6.45, 7) is 7.02. The summed E-state index contributed by atoms with van der Waals surface area (Å²) in [4.78, 5) is 10.1. The lowest BCUT2D eigenvalue weighted by Gasteiger charge is -2.19. The summed E-state index contributed by atoms with van der Waals surface area (Å²) in [5.74, 6) is 1.18. The van der Waals surface area contributed by atoms with Gasteiger partial charge in [-0.1, -0.05) is 0 Å². The lowest BCUT2D eigenvalue weighted by Crippen LogP contribution is -2.06. The van der Waals surface area contributed by atoms with E-state index in [9.17, 15) is 9.36 Å². The van der Waals surface area contributed by atoms with Crippen LogP contribution in [-0.4, -0.2) is 18.5 Å². The van der Waals surface area contributed by atoms with Crippen molar-refractivity contribution in [1.29, 1.82) is 0 Å². The number of carbonyl (C=O) groups is 1. The second kappa shape index (κ2) is 6.12. The molecule has 0 fully saturated rings. The number of hydrogen-bond donors (Lipinski definition) is 0. The third-order valence-corrected chi connectivity index (χ3v) is 3.03. The van der Waals surface area contributed by atoms with Crippen molar-refractivity contribution in [2.75, 3.05) is 0 Å². The molecule has 4 nitrogen and oxygen atoms in total. The lowest BCUT2D eigenvalue weighted by molar-refractivity contribution is -0.104. The minimum absolute atomic E-state index is 0.212. The number of allylic oxidation sites excluding steroid dienone is 1. The molecule has 0 radical (unpaired) electrons. The number of carbonyl (C=O) groups excluding carboxylic acids is 1. The van der Waals surface area contributed by atoms with E-state index in [-0.39, 0.29) is 12.2 Å². The molecule has 0 heterocycles. The molecular weight excluding hydrogens is 203 g/mol. The predicted molar refractivity (Wildman–Crippen MR) is 55.3 cm³/mol. The first kappa shape index (κ1) is 13.6. The number of hydrogen-bond acceptors (Lipinski definition) is 4. The Balaban J connectivity index is 4.57. The average molecular weight is 220 g/mol. The van der Waals surface area contributed by atoms with Crippen LogP contribution >= 0.6 is 7.60 Å². The zero-order valence-corrected chi connectivity index (χ0v) is 9.86. The molecule has 0 aliphatic heterocycles. The second-order valence-electron chi connectivity index (χ2n) is 3.33. The fourth-order valence-corrected chi connectivity index (χ4v) is 2.47. The standard InChI is InChI=1S/C9H17O4P/c1-8(2)12-14(11,7-5-6-10)13-9(3)4/h5-9H,1-4H3/b7-5+. The van der Waals surface area contributed by atoms with Crippen molar-refractivity contribution >= 4 is 13.9 Å². The van der Waals surface area contributed by atoms with E-state index in [2.05, 4.69) is 0 Å². The van der Waals surface area contributed by atoms with E-state index in [1.165, 1.54) is 5.82 Å². The molecule has 0 aliphatic carbocycles. The molecule has 0 aliphatic rings. The van der Waals surface area contributed by atoms with Crippen molar-refractivity contribution < 1.29 is 18.4 Å². The van der Waals surface area contributed by atoms with E-state index in [4.69, 9.17) is 9.05 Å². The molecule has 0 rings (SSSR count). The van der Waals surface area contributed by atoms with Gasteiger partial charge in [-0.25, -0.2) is 0 Å². The van der Waals surface area contributed by atoms with Gasteiger partial charge in [0.1, 0.15) is 6.29 Å². The van der Waals surface area contributed by atoms with Gasteiger partial charge in [-0.2, -0.15) is 0 Å². The van der Waals surface area contributed by atoms with Crippen LogP contribution in [0.1, 0.15) is 27.7 Å². The average Bonchev–Trinajstić information content (AvgIpc) is 1.97. The van der Waals surface area contributed by atoms with Gasteiger partial charge in [0.25, 0.3) is 0 Å². The quantitative estimate of drug-likeness (QED) is 0.392. The van der Waals surface area contributed by atoms with E-state index in [0.29, 0.717) is 6.29 Å². The highest BCUT2D eigenvalue weighted by molar-refractivity contribution is 7.57. The summed E-state index contributed by atoms with van der Waals surface area (Å²) in [5.41, 5.74) is 0. The predicted octanol–water partition coefficient (Wildman–Crippen LogP) is 2.74. The van der Waals surface area contributed by atoms with Crippen LogP contribution in [0, 0.1) is 0 Å². The van der Waals surface area contributed by atoms with Crippen LogP contribution in [0.15, 0.2) is 11.9 Å². The SMILES string of the molecule is CC(C)OP(=O)(/C=C/C=O)OC(C)C. The molecule has 0 saturated carbocycles. The van der Waals surface area contributed by atoms with Crippen molar-refractivity contribution in [2.45, 2.75) is 39.9 Å². The van der Waals surface area contributed by atoms with Crippen LogP contribution < -0.4 is 0 Å². The van der Waals surface area contributed by atoms with Gasteiger partial charge < -0.3 is 9.05 Å². The molecule has 0 aromatic carbocycles. The molecule has 0 amide bonds. The highest BCUT2D eigenvalue weighted by Crippen LogP contribution is 2.51. The summed E-state index contributed by atoms with van der Waals surface area (Å²) < 4.78 is 22.2. The maximum Gasteiger partial charge on any atom is 0.354 e. The van der Waals surface area contributed by atoms with Gasteiger partial charge in [0.05, 0.1) is 12.2 Å². The Hall–Kier alpha value is -0.440. The highest BCUT2D eigenvalue weighted by atomic mass is 31.2. The summed E-state index contributed by atoms with van der Waals surface area (Å²) in [6, 6.07) is 0. The van der Waals surface area contributed by atoms with Crippen LogP contribution in [0.3, 0.4) is 0 Å². The number of aldehydes is 1. The van der Waals surface area contributed by atoms with Gasteiger partial charge in [0.15, 0.2) is 0 Å². The molecule has 0 unspecified atom stereocenters. The summed E-state index contributed by atoms with van der Waals surface area (Å²) in [7, 11) is -3.26. The van der Waals surface area contributed by atoms with Gasteiger partial charge in [-0.3, -0.25) is 9.36 Å². The molecule has 14 heavy (non-hydrogen) atoms. The second-order valence-corrected chi connectivity index (χ2v) is 5.13. The largest absolute Gasteiger partial charge is 0.354 e. The first-order chi connectivity index (χ1) is 6.39.